The van der Waals surface area contributed by atoms with Crippen molar-refractivity contribution in [3.8, 4) is 134 Å². The lowest BCUT2D eigenvalue weighted by molar-refractivity contribution is -0.384. The zero-order valence-corrected chi connectivity index (χ0v) is 83.1. The molecule has 0 unspecified atom stereocenters. The Bertz CT molecular complexity index is 10100. The molecule has 0 spiro atoms. The van der Waals surface area contributed by atoms with Gasteiger partial charge in [-0.05, 0) is 142 Å². The van der Waals surface area contributed by atoms with Gasteiger partial charge in [0.25, 0.3) is 5.69 Å². The summed E-state index contributed by atoms with van der Waals surface area (Å²) in [5.74, 6) is 4.20. The van der Waals surface area contributed by atoms with Gasteiger partial charge in [0.2, 0.25) is 0 Å². The molecule has 0 aliphatic rings. The lowest BCUT2D eigenvalue weighted by Crippen LogP contribution is -1.88. The number of thiophene rings is 2. The highest BCUT2D eigenvalue weighted by molar-refractivity contribution is 9.10. The molecule has 30 rings (SSSR count). The van der Waals surface area contributed by atoms with Gasteiger partial charge in [-0.1, -0.05) is 281 Å². The number of H-pyrrole nitrogens is 12. The maximum Gasteiger partial charge on any atom is 0.270 e. The molecule has 14 aromatic heterocycles. The largest absolute Gasteiger partial charge is 0.399 e. The van der Waals surface area contributed by atoms with Crippen LogP contribution in [0.25, 0.3) is 276 Å². The number of benzene rings is 16. The second-order valence-electron chi connectivity index (χ2n) is 36.1. The second-order valence-corrected chi connectivity index (χ2v) is 39.8. The fraction of sp³-hybridized carbons (Fsp3) is 0.00820. The van der Waals surface area contributed by atoms with Crippen LogP contribution >= 0.6 is 54.5 Å². The Balaban J connectivity index is 0.0000000935. The lowest BCUT2D eigenvalue weighted by Gasteiger charge is -2.05. The first-order chi connectivity index (χ1) is 72.3. The van der Waals surface area contributed by atoms with Crippen LogP contribution in [-0.2, 0) is 0 Å². The van der Waals surface area contributed by atoms with Gasteiger partial charge < -0.3 is 65.5 Å². The molecule has 0 bridgehead atoms. The van der Waals surface area contributed by atoms with Crippen LogP contribution in [0.4, 0.5) is 11.4 Å². The van der Waals surface area contributed by atoms with E-state index in [0.717, 1.165) is 254 Å². The predicted octanol–water partition coefficient (Wildman–Crippen LogP) is 33.8. The van der Waals surface area contributed by atoms with Crippen LogP contribution in [-0.4, -0.2) is 89.7 Å². The molecule has 14 heterocycles. The molecule has 0 amide bonds. The van der Waals surface area contributed by atoms with Crippen molar-refractivity contribution < 1.29 is 4.92 Å². The van der Waals surface area contributed by atoms with Crippen molar-refractivity contribution in [2.24, 2.45) is 0 Å². The third kappa shape index (κ3) is 16.1. The van der Waals surface area contributed by atoms with E-state index in [-0.39, 0.29) is 10.6 Å². The van der Waals surface area contributed by atoms with E-state index in [1.54, 1.807) is 34.8 Å². The van der Waals surface area contributed by atoms with E-state index in [0.29, 0.717) is 0 Å². The van der Waals surface area contributed by atoms with Crippen LogP contribution in [0.5, 0.6) is 0 Å². The summed E-state index contributed by atoms with van der Waals surface area (Å²) < 4.78 is 2.02. The third-order valence-electron chi connectivity index (χ3n) is 27.4. The number of nitrogens with one attached hydrogen (secondary N) is 12. The van der Waals surface area contributed by atoms with E-state index >= 15 is 0 Å². The zero-order valence-electron chi connectivity index (χ0n) is 78.3. The predicted molar refractivity (Wildman–Crippen MR) is 613 cm³/mol. The number of non-ortho nitro benzene ring substituents is 1. The highest BCUT2D eigenvalue weighted by Gasteiger charge is 2.28. The first kappa shape index (κ1) is 88.6. The zero-order chi connectivity index (χ0) is 98.4. The van der Waals surface area contributed by atoms with E-state index in [9.17, 15) is 10.1 Å². The van der Waals surface area contributed by atoms with Crippen molar-refractivity contribution in [3.05, 3.63) is 424 Å². The number of aromatic amines is 12. The molecular formula is C122H83Br2N19O2S2. The Morgan fingerprint density at radius 1 is 0.279 bits per heavy atom. The van der Waals surface area contributed by atoms with Crippen molar-refractivity contribution in [2.75, 3.05) is 5.73 Å². The molecule has 30 aromatic rings. The van der Waals surface area contributed by atoms with Gasteiger partial charge in [-0.2, -0.15) is 0 Å². The Hall–Kier alpha value is -18.5. The molecule has 0 saturated heterocycles. The van der Waals surface area contributed by atoms with E-state index in [4.69, 9.17) is 30.7 Å². The van der Waals surface area contributed by atoms with Gasteiger partial charge in [0.05, 0.1) is 76.5 Å². The van der Waals surface area contributed by atoms with Gasteiger partial charge in [-0.3, -0.25) is 10.1 Å². The quantitative estimate of drug-likeness (QED) is 0.0227. The number of para-hydroxylation sites is 5. The number of imidazole rings is 5. The maximum atomic E-state index is 11.4. The van der Waals surface area contributed by atoms with Gasteiger partial charge in [0, 0.05) is 206 Å². The number of fused-ring (bicyclic) bond motifs is 19. The summed E-state index contributed by atoms with van der Waals surface area (Å²) in [6.45, 7) is 2.09. The molecule has 704 valence electrons. The average molecular weight is 2070 g/mol. The third-order valence-corrected chi connectivity index (χ3v) is 30.1. The molecule has 0 saturated carbocycles. The minimum Gasteiger partial charge on any atom is -0.399 e. The highest BCUT2D eigenvalue weighted by Crippen LogP contribution is 2.48. The monoisotopic (exact) mass is 2070 g/mol. The van der Waals surface area contributed by atoms with Crippen molar-refractivity contribution in [3.63, 3.8) is 0 Å². The number of nitro groups is 1. The van der Waals surface area contributed by atoms with Crippen LogP contribution in [0.1, 0.15) is 5.69 Å². The number of aromatic nitrogens is 17. The summed E-state index contributed by atoms with van der Waals surface area (Å²) in [7, 11) is 0. The number of halogens is 2. The number of nitrogens with zero attached hydrogens (tertiary/aromatic N) is 6. The van der Waals surface area contributed by atoms with Crippen molar-refractivity contribution in [1.82, 2.24) is 84.7 Å². The molecule has 16 aromatic carbocycles. The molecule has 0 fully saturated rings. The number of anilines is 1. The van der Waals surface area contributed by atoms with Crippen LogP contribution in [0.15, 0.2) is 409 Å². The molecule has 21 nitrogen and oxygen atoms in total. The topological polar surface area (TPSA) is 323 Å². The number of nitrogens with two attached hydrogens (primary N) is 1. The van der Waals surface area contributed by atoms with Crippen molar-refractivity contribution in [1.29, 1.82) is 0 Å². The van der Waals surface area contributed by atoms with E-state index in [1.807, 2.05) is 140 Å². The van der Waals surface area contributed by atoms with Crippen molar-refractivity contribution in [2.45, 2.75) is 6.92 Å². The van der Waals surface area contributed by atoms with Gasteiger partial charge in [-0.25, -0.2) is 24.9 Å². The smallest absolute Gasteiger partial charge is 0.270 e. The van der Waals surface area contributed by atoms with E-state index < -0.39 is 0 Å². The Morgan fingerprint density at radius 2 is 0.680 bits per heavy atom. The second kappa shape index (κ2) is 37.1. The molecule has 25 heteroatoms. The summed E-state index contributed by atoms with van der Waals surface area (Å²) in [6, 6.07) is 121. The molecule has 0 radical (unpaired) electrons. The fourth-order valence-electron chi connectivity index (χ4n) is 20.6. The summed E-state index contributed by atoms with van der Waals surface area (Å²) in [5, 5.41) is 32.2. The van der Waals surface area contributed by atoms with Gasteiger partial charge >= 0.3 is 0 Å². The number of nitrogen functional groups attached to an aromatic ring is 1. The Kier molecular flexibility index (Phi) is 22.4. The number of hydrogen-bond acceptors (Lipinski definition) is 10. The van der Waals surface area contributed by atoms with Crippen molar-refractivity contribution >= 4 is 207 Å². The Morgan fingerprint density at radius 3 is 1.26 bits per heavy atom. The summed E-state index contributed by atoms with van der Waals surface area (Å²) in [5.41, 5.74) is 36.9. The number of nitro benzene ring substituents is 1. The normalized spacial score (nSPS) is 11.6. The molecule has 147 heavy (non-hydrogen) atoms. The van der Waals surface area contributed by atoms with E-state index in [2.05, 4.69) is 346 Å². The Labute approximate surface area is 861 Å². The van der Waals surface area contributed by atoms with Gasteiger partial charge in [-0.15, -0.1) is 22.7 Å². The average Bonchev–Trinajstić information content (AvgIpc) is 1.58. The van der Waals surface area contributed by atoms with E-state index in [1.165, 1.54) is 42.1 Å². The van der Waals surface area contributed by atoms with Crippen LogP contribution in [0, 0.1) is 17.0 Å². The van der Waals surface area contributed by atoms with Gasteiger partial charge in [0.15, 0.2) is 0 Å². The summed E-state index contributed by atoms with van der Waals surface area (Å²) in [4.78, 5) is 80.5. The molecule has 14 N–H and O–H groups in total. The summed E-state index contributed by atoms with van der Waals surface area (Å²) >= 11 is 10.6. The highest BCUT2D eigenvalue weighted by atomic mass is 79.9. The SMILES string of the molecule is Brc1ccc2[nH]cc(-c3nc(-c4c[nH]c5ccccc45)c(-c4c[nH]c5ccccc45)[nH]3)c2c1.Cc1[nH]c2ccccc2c1-c1nc(-c2ccccc2)c(-c2ccc(N)cc2)[nH]1.O=[N+]([O-])c1ccc2c3ccccc3c3[nH]c(-c4c[nH]c5ccc(Br)cc45)nc3c2c1.c1ccc(-c2[nH]c3ccccc3c2-c2nc3c4ccccc4c4ccccc4c3[nH]2)cc1.c1csc(-c2nc(-c3c[nH]c4ccccc34)[nH]c2-c2cccs2)c1. The first-order valence-electron chi connectivity index (χ1n) is 47.9. The van der Waals surface area contributed by atoms with Crippen LogP contribution in [0.3, 0.4) is 0 Å². The molecular weight excluding hydrogens is 1990 g/mol. The standard InChI is InChI=1S/C29H19N3.C27H18BrN5.C24H20N4.C23H13BrN4O2.C19H13N3S2/c1-2-10-18(11-3-1)26-25(23-16-8-9-17-24(23)30-26)29-31-27-21-14-6-4-12-19(21)20-13-5-7-15-22(20)28(27)32-29;28-15-9-10-24-18(11-15)21(14-31-24)27-32-25(19-12-29-22-7-3-1-5-16(19)22)26(33-27)20-13-30-23-8-4-2-6-17(20)23;1-15-21(19-9-5-6-10-20(19)26-15)24-27-22(16-7-3-2-4-8-16)23(28-24)17-11-13-18(25)14-12-17;24-12-5-8-20-17(9-12)19(11-25-20)23-26-21-16-4-2-1-3-14(16)15-7-6-13(28(29)30)10-18(15)22(21)27-23;1-2-6-14-12(5-1)13(11-20-14)19-21-17(15-7-3-9-23-15)18(22-19)16-8-4-10-24-16/h1-17,30H,(H,31,32);1-14,29-31H,(H,32,33);2-14,26H,25H2,1H3,(H,27,28);1-11,25H,(H,26,27);1-11,20H,(H,21,22). The minimum atomic E-state index is -0.370. The molecule has 0 aliphatic carbocycles. The van der Waals surface area contributed by atoms with Crippen LogP contribution in [0.2, 0.25) is 0 Å². The molecule has 0 atom stereocenters. The number of rotatable bonds is 13. The fourth-order valence-corrected chi connectivity index (χ4v) is 22.7. The maximum absolute atomic E-state index is 11.4. The van der Waals surface area contributed by atoms with Gasteiger partial charge in [0.1, 0.15) is 34.8 Å². The first-order valence-corrected chi connectivity index (χ1v) is 51.2. The minimum absolute atomic E-state index is 0.0552. The lowest BCUT2D eigenvalue weighted by atomic mass is 9.99. The number of hydrogen-bond donors (Lipinski definition) is 13. The molecule has 0 aliphatic heterocycles. The van der Waals surface area contributed by atoms with Crippen LogP contribution < -0.4 is 5.73 Å². The summed E-state index contributed by atoms with van der Waals surface area (Å²) in [6.07, 6.45) is 10.1. The number of aryl methyl sites for hydroxylation is 1.